The third-order valence-corrected chi connectivity index (χ3v) is 3.88. The maximum atomic E-state index is 12.1. The molecule has 4 nitrogen and oxygen atoms in total. The number of rotatable bonds is 3. The number of anilines is 1. The molecular formula is C14H15IN2O2. The predicted molar refractivity (Wildman–Crippen MR) is 82.7 cm³/mol. The fraction of sp³-hybridized carbons (Fsp3) is 0.286. The van der Waals surface area contributed by atoms with Crippen LogP contribution in [0, 0.1) is 9.49 Å². The minimum absolute atomic E-state index is 0.0272. The Morgan fingerprint density at radius 3 is 2.68 bits per heavy atom. The monoisotopic (exact) mass is 370 g/mol. The molecule has 1 aliphatic rings. The number of benzene rings is 1. The molecule has 2 rings (SSSR count). The number of amides is 2. The van der Waals surface area contributed by atoms with Crippen LogP contribution < -0.4 is 5.32 Å². The van der Waals surface area contributed by atoms with Crippen molar-refractivity contribution in [3.63, 3.8) is 0 Å². The summed E-state index contributed by atoms with van der Waals surface area (Å²) in [6.45, 7) is 4.55. The van der Waals surface area contributed by atoms with Crippen LogP contribution in [-0.4, -0.2) is 29.8 Å². The van der Waals surface area contributed by atoms with Crippen molar-refractivity contribution in [2.75, 3.05) is 18.4 Å². The summed E-state index contributed by atoms with van der Waals surface area (Å²) in [7, 11) is 0. The number of halogens is 1. The topological polar surface area (TPSA) is 49.4 Å². The molecule has 0 spiro atoms. The SMILES string of the molecule is C=CC(=O)N1CCC(C(=O)Nc2ccc(I)cc2)C1. The van der Waals surface area contributed by atoms with Gasteiger partial charge in [0, 0.05) is 22.3 Å². The van der Waals surface area contributed by atoms with Crippen LogP contribution in [0.2, 0.25) is 0 Å². The number of nitrogens with zero attached hydrogens (tertiary/aromatic N) is 1. The highest BCUT2D eigenvalue weighted by Crippen LogP contribution is 2.19. The van der Waals surface area contributed by atoms with E-state index in [0.717, 1.165) is 9.26 Å². The predicted octanol–water partition coefficient (Wildman–Crippen LogP) is 2.26. The summed E-state index contributed by atoms with van der Waals surface area (Å²) in [6.07, 6.45) is 2.00. The number of hydrogen-bond acceptors (Lipinski definition) is 2. The molecule has 1 unspecified atom stereocenters. The van der Waals surface area contributed by atoms with Crippen molar-refractivity contribution >= 4 is 40.1 Å². The highest BCUT2D eigenvalue weighted by atomic mass is 127. The van der Waals surface area contributed by atoms with E-state index in [1.807, 2.05) is 24.3 Å². The lowest BCUT2D eigenvalue weighted by Crippen LogP contribution is -2.30. The van der Waals surface area contributed by atoms with E-state index in [9.17, 15) is 9.59 Å². The minimum atomic E-state index is -0.136. The van der Waals surface area contributed by atoms with Crippen LogP contribution in [0.5, 0.6) is 0 Å². The van der Waals surface area contributed by atoms with Gasteiger partial charge in [0.2, 0.25) is 11.8 Å². The fourth-order valence-corrected chi connectivity index (χ4v) is 2.44. The Balaban J connectivity index is 1.93. The van der Waals surface area contributed by atoms with E-state index in [1.165, 1.54) is 6.08 Å². The summed E-state index contributed by atoms with van der Waals surface area (Å²) in [4.78, 5) is 25.2. The highest BCUT2D eigenvalue weighted by molar-refractivity contribution is 14.1. The van der Waals surface area contributed by atoms with Crippen LogP contribution in [0.3, 0.4) is 0 Å². The average Bonchev–Trinajstić information content (AvgIpc) is 2.90. The van der Waals surface area contributed by atoms with E-state index in [1.54, 1.807) is 4.90 Å². The molecule has 5 heteroatoms. The first kappa shape index (κ1) is 14.0. The number of hydrogen-bond donors (Lipinski definition) is 1. The Labute approximate surface area is 126 Å². The van der Waals surface area contributed by atoms with E-state index < -0.39 is 0 Å². The Kier molecular flexibility index (Phi) is 4.57. The molecule has 0 aromatic heterocycles. The molecule has 1 aromatic carbocycles. The number of likely N-dealkylation sites (tertiary alicyclic amines) is 1. The zero-order valence-corrected chi connectivity index (χ0v) is 12.6. The number of carbonyl (C=O) groups excluding carboxylic acids is 2. The third-order valence-electron chi connectivity index (χ3n) is 3.16. The van der Waals surface area contributed by atoms with Crippen molar-refractivity contribution in [2.24, 2.45) is 5.92 Å². The van der Waals surface area contributed by atoms with Gasteiger partial charge in [0.15, 0.2) is 0 Å². The molecule has 1 N–H and O–H groups in total. The summed E-state index contributed by atoms with van der Waals surface area (Å²) in [5.41, 5.74) is 0.791. The molecule has 19 heavy (non-hydrogen) atoms. The summed E-state index contributed by atoms with van der Waals surface area (Å²) < 4.78 is 1.12. The van der Waals surface area contributed by atoms with Gasteiger partial charge in [-0.2, -0.15) is 0 Å². The van der Waals surface area contributed by atoms with Gasteiger partial charge in [-0.05, 0) is 59.4 Å². The maximum absolute atomic E-state index is 12.1. The van der Waals surface area contributed by atoms with Crippen LogP contribution in [0.15, 0.2) is 36.9 Å². The van der Waals surface area contributed by atoms with Gasteiger partial charge < -0.3 is 10.2 Å². The first-order valence-corrected chi connectivity index (χ1v) is 7.16. The zero-order chi connectivity index (χ0) is 13.8. The first-order chi connectivity index (χ1) is 9.10. The maximum Gasteiger partial charge on any atom is 0.245 e. The molecule has 0 aliphatic carbocycles. The second-order valence-corrected chi connectivity index (χ2v) is 5.72. The molecule has 2 amide bonds. The summed E-state index contributed by atoms with van der Waals surface area (Å²) >= 11 is 2.22. The smallest absolute Gasteiger partial charge is 0.245 e. The van der Waals surface area contributed by atoms with Crippen LogP contribution in [0.4, 0.5) is 5.69 Å². The normalized spacial score (nSPS) is 18.2. The van der Waals surface area contributed by atoms with Crippen molar-refractivity contribution in [3.05, 3.63) is 40.5 Å². The van der Waals surface area contributed by atoms with Crippen molar-refractivity contribution in [3.8, 4) is 0 Å². The second-order valence-electron chi connectivity index (χ2n) is 4.47. The Morgan fingerprint density at radius 1 is 1.37 bits per heavy atom. The van der Waals surface area contributed by atoms with Gasteiger partial charge in [0.1, 0.15) is 0 Å². The lowest BCUT2D eigenvalue weighted by atomic mass is 10.1. The van der Waals surface area contributed by atoms with Crippen LogP contribution in [-0.2, 0) is 9.59 Å². The summed E-state index contributed by atoms with van der Waals surface area (Å²) in [6, 6.07) is 7.64. The molecule has 0 saturated carbocycles. The largest absolute Gasteiger partial charge is 0.338 e. The molecule has 1 fully saturated rings. The van der Waals surface area contributed by atoms with Gasteiger partial charge in [-0.15, -0.1) is 0 Å². The van der Waals surface area contributed by atoms with Gasteiger partial charge in [-0.25, -0.2) is 0 Å². The van der Waals surface area contributed by atoms with Gasteiger partial charge in [0.25, 0.3) is 0 Å². The fourth-order valence-electron chi connectivity index (χ4n) is 2.08. The Hall–Kier alpha value is -1.37. The Bertz CT molecular complexity index is 499. The van der Waals surface area contributed by atoms with Crippen molar-refractivity contribution in [1.82, 2.24) is 4.90 Å². The second kappa shape index (κ2) is 6.18. The molecule has 1 aliphatic heterocycles. The molecule has 100 valence electrons. The quantitative estimate of drug-likeness (QED) is 0.656. The molecule has 1 saturated heterocycles. The van der Waals surface area contributed by atoms with Crippen molar-refractivity contribution < 1.29 is 9.59 Å². The first-order valence-electron chi connectivity index (χ1n) is 6.08. The van der Waals surface area contributed by atoms with Gasteiger partial charge in [0.05, 0.1) is 5.92 Å². The summed E-state index contributed by atoms with van der Waals surface area (Å²) in [5, 5.41) is 2.88. The third kappa shape index (κ3) is 3.56. The lowest BCUT2D eigenvalue weighted by Gasteiger charge is -2.14. The standard InChI is InChI=1S/C14H15IN2O2/c1-2-13(18)17-8-7-10(9-17)14(19)16-12-5-3-11(15)4-6-12/h2-6,10H,1,7-9H2,(H,16,19). The molecule has 0 bridgehead atoms. The van der Waals surface area contributed by atoms with E-state index in [-0.39, 0.29) is 17.7 Å². The summed E-state index contributed by atoms with van der Waals surface area (Å²) in [5.74, 6) is -0.270. The van der Waals surface area contributed by atoms with Crippen LogP contribution in [0.1, 0.15) is 6.42 Å². The highest BCUT2D eigenvalue weighted by Gasteiger charge is 2.29. The van der Waals surface area contributed by atoms with Crippen LogP contribution >= 0.6 is 22.6 Å². The number of carbonyl (C=O) groups is 2. The average molecular weight is 370 g/mol. The molecule has 0 radical (unpaired) electrons. The molecule has 1 heterocycles. The van der Waals surface area contributed by atoms with Crippen molar-refractivity contribution in [1.29, 1.82) is 0 Å². The molecule has 1 atom stereocenters. The van der Waals surface area contributed by atoms with Gasteiger partial charge >= 0.3 is 0 Å². The van der Waals surface area contributed by atoms with Gasteiger partial charge in [-0.1, -0.05) is 6.58 Å². The van der Waals surface area contributed by atoms with E-state index in [2.05, 4.69) is 34.5 Å². The van der Waals surface area contributed by atoms with E-state index in [4.69, 9.17) is 0 Å². The molecule has 1 aromatic rings. The number of nitrogens with one attached hydrogen (secondary N) is 1. The van der Waals surface area contributed by atoms with Crippen molar-refractivity contribution in [2.45, 2.75) is 6.42 Å². The Morgan fingerprint density at radius 2 is 2.05 bits per heavy atom. The zero-order valence-electron chi connectivity index (χ0n) is 10.4. The lowest BCUT2D eigenvalue weighted by molar-refractivity contribution is -0.125. The van der Waals surface area contributed by atoms with Gasteiger partial charge in [-0.3, -0.25) is 9.59 Å². The van der Waals surface area contributed by atoms with Crippen LogP contribution in [0.25, 0.3) is 0 Å². The van der Waals surface area contributed by atoms with E-state index >= 15 is 0 Å². The molecular weight excluding hydrogens is 355 g/mol. The minimum Gasteiger partial charge on any atom is -0.338 e. The van der Waals surface area contributed by atoms with E-state index in [0.29, 0.717) is 19.5 Å².